The molecule has 1 aromatic carbocycles. The van der Waals surface area contributed by atoms with Gasteiger partial charge >= 0.3 is 6.18 Å². The molecule has 0 aliphatic carbocycles. The van der Waals surface area contributed by atoms with Crippen molar-refractivity contribution in [3.05, 3.63) is 40.9 Å². The molecular formula is C12H12ClF3N2. The van der Waals surface area contributed by atoms with Crippen LogP contribution in [0.1, 0.15) is 5.56 Å². The maximum atomic E-state index is 12.6. The Kier molecular flexibility index (Phi) is 4.78. The number of hydrazone groups is 1. The predicted octanol–water partition coefficient (Wildman–Crippen LogP) is 3.75. The topological polar surface area (TPSA) is 15.6 Å². The smallest absolute Gasteiger partial charge is 0.303 e. The van der Waals surface area contributed by atoms with E-state index in [0.717, 1.165) is 6.21 Å². The summed E-state index contributed by atoms with van der Waals surface area (Å²) in [6, 6.07) is 8.08. The van der Waals surface area contributed by atoms with Crippen LogP contribution in [0, 0.1) is 0 Å². The van der Waals surface area contributed by atoms with Gasteiger partial charge in [-0.3, -0.25) is 0 Å². The summed E-state index contributed by atoms with van der Waals surface area (Å²) in [5.41, 5.74) is 0.212. The molecule has 0 atom stereocenters. The molecule has 0 saturated carbocycles. The van der Waals surface area contributed by atoms with Crippen molar-refractivity contribution in [2.24, 2.45) is 5.10 Å². The average molecular weight is 277 g/mol. The highest BCUT2D eigenvalue weighted by Gasteiger charge is 2.35. The zero-order valence-electron chi connectivity index (χ0n) is 9.87. The molecule has 98 valence electrons. The molecule has 18 heavy (non-hydrogen) atoms. The van der Waals surface area contributed by atoms with Crippen LogP contribution < -0.4 is 0 Å². The van der Waals surface area contributed by atoms with Crippen molar-refractivity contribution < 1.29 is 13.2 Å². The third kappa shape index (κ3) is 4.07. The molecule has 0 spiro atoms. The van der Waals surface area contributed by atoms with Crippen LogP contribution in [-0.4, -0.2) is 31.5 Å². The molecule has 0 saturated heterocycles. The van der Waals surface area contributed by atoms with Gasteiger partial charge in [0.25, 0.3) is 0 Å². The van der Waals surface area contributed by atoms with E-state index >= 15 is 0 Å². The van der Waals surface area contributed by atoms with Gasteiger partial charge in [0.2, 0.25) is 0 Å². The van der Waals surface area contributed by atoms with E-state index < -0.39 is 11.2 Å². The fraction of sp³-hybridized carbons (Fsp3) is 0.250. The molecule has 0 aliphatic rings. The molecule has 1 rings (SSSR count). The number of allylic oxidation sites excluding steroid dienone is 2. The second-order valence-electron chi connectivity index (χ2n) is 3.68. The molecule has 2 nitrogen and oxygen atoms in total. The van der Waals surface area contributed by atoms with Gasteiger partial charge in [-0.05, 0) is 5.56 Å². The molecule has 0 radical (unpaired) electrons. The van der Waals surface area contributed by atoms with Crippen molar-refractivity contribution in [1.82, 2.24) is 5.01 Å². The molecule has 1 aromatic rings. The van der Waals surface area contributed by atoms with E-state index in [-0.39, 0.29) is 5.57 Å². The number of alkyl halides is 3. The lowest BCUT2D eigenvalue weighted by molar-refractivity contribution is -0.0838. The first kappa shape index (κ1) is 14.6. The Morgan fingerprint density at radius 2 is 1.78 bits per heavy atom. The highest BCUT2D eigenvalue weighted by molar-refractivity contribution is 6.37. The van der Waals surface area contributed by atoms with Gasteiger partial charge in [0.1, 0.15) is 5.03 Å². The maximum absolute atomic E-state index is 12.6. The highest BCUT2D eigenvalue weighted by atomic mass is 35.5. The van der Waals surface area contributed by atoms with E-state index in [4.69, 9.17) is 11.6 Å². The van der Waals surface area contributed by atoms with Crippen LogP contribution in [0.2, 0.25) is 0 Å². The first-order chi connectivity index (χ1) is 8.32. The monoisotopic (exact) mass is 276 g/mol. The summed E-state index contributed by atoms with van der Waals surface area (Å²) in [6.45, 7) is 0. The minimum absolute atomic E-state index is 0.154. The van der Waals surface area contributed by atoms with Crippen LogP contribution in [0.4, 0.5) is 13.2 Å². The number of nitrogens with zero attached hydrogens (tertiary/aromatic N) is 2. The van der Waals surface area contributed by atoms with Crippen molar-refractivity contribution in [2.75, 3.05) is 14.1 Å². The molecular weight excluding hydrogens is 265 g/mol. The van der Waals surface area contributed by atoms with Gasteiger partial charge in [0, 0.05) is 19.7 Å². The molecule has 0 fully saturated rings. The highest BCUT2D eigenvalue weighted by Crippen LogP contribution is 2.34. The van der Waals surface area contributed by atoms with Crippen molar-refractivity contribution in [3.8, 4) is 0 Å². The lowest BCUT2D eigenvalue weighted by atomic mass is 10.1. The number of benzene rings is 1. The lowest BCUT2D eigenvalue weighted by Crippen LogP contribution is -2.11. The van der Waals surface area contributed by atoms with Crippen LogP contribution >= 0.6 is 11.6 Å². The van der Waals surface area contributed by atoms with E-state index in [2.05, 4.69) is 5.10 Å². The molecule has 0 aromatic heterocycles. The predicted molar refractivity (Wildman–Crippen MR) is 67.4 cm³/mol. The van der Waals surface area contributed by atoms with Crippen molar-refractivity contribution >= 4 is 23.4 Å². The average Bonchev–Trinajstić information content (AvgIpc) is 2.29. The standard InChI is InChI=1S/C12H12ClF3N2/c1-18(2)17-8-10(11(13)12(14,15)16)9-6-4-3-5-7-9/h3-8H,1-2H3/b11-10-,17-8+. The Labute approximate surface area is 108 Å². The number of rotatable bonds is 3. The van der Waals surface area contributed by atoms with Gasteiger partial charge < -0.3 is 5.01 Å². The summed E-state index contributed by atoms with van der Waals surface area (Å²) in [5, 5.41) is 4.01. The third-order valence-corrected chi connectivity index (χ3v) is 2.41. The van der Waals surface area contributed by atoms with Gasteiger partial charge in [-0.2, -0.15) is 18.3 Å². The second kappa shape index (κ2) is 5.91. The zero-order valence-corrected chi connectivity index (χ0v) is 10.6. The van der Waals surface area contributed by atoms with Crippen LogP contribution in [0.25, 0.3) is 5.57 Å². The molecule has 0 heterocycles. The third-order valence-electron chi connectivity index (χ3n) is 1.99. The molecule has 0 aliphatic heterocycles. The first-order valence-corrected chi connectivity index (χ1v) is 5.44. The Morgan fingerprint density at radius 3 is 2.22 bits per heavy atom. The number of hydrogen-bond donors (Lipinski definition) is 0. The van der Waals surface area contributed by atoms with Crippen LogP contribution in [0.3, 0.4) is 0 Å². The Bertz CT molecular complexity index is 450. The minimum Gasteiger partial charge on any atom is -0.303 e. The molecule has 0 unspecified atom stereocenters. The van der Waals surface area contributed by atoms with E-state index in [1.807, 2.05) is 0 Å². The number of hydrogen-bond acceptors (Lipinski definition) is 2. The van der Waals surface area contributed by atoms with Gasteiger partial charge in [-0.15, -0.1) is 0 Å². The quantitative estimate of drug-likeness (QED) is 0.606. The summed E-state index contributed by atoms with van der Waals surface area (Å²) < 4.78 is 37.9. The fourth-order valence-corrected chi connectivity index (χ4v) is 1.36. The van der Waals surface area contributed by atoms with Gasteiger partial charge in [0.05, 0.1) is 6.21 Å². The SMILES string of the molecule is CN(C)/N=C/C(=C(/Cl)C(F)(F)F)c1ccccc1. The Hall–Kier alpha value is -1.49. The Balaban J connectivity index is 3.28. The normalized spacial score (nSPS) is 13.7. The number of halogens is 4. The summed E-state index contributed by atoms with van der Waals surface area (Å²) >= 11 is 5.39. The van der Waals surface area contributed by atoms with Crippen LogP contribution in [-0.2, 0) is 0 Å². The minimum atomic E-state index is -4.59. The van der Waals surface area contributed by atoms with Crippen LogP contribution in [0.5, 0.6) is 0 Å². The maximum Gasteiger partial charge on any atom is 0.427 e. The molecule has 0 bridgehead atoms. The van der Waals surface area contributed by atoms with Gasteiger partial charge in [-0.25, -0.2) is 0 Å². The summed E-state index contributed by atoms with van der Waals surface area (Å²) in [5.74, 6) is 0. The molecule has 6 heteroatoms. The van der Waals surface area contributed by atoms with Gasteiger partial charge in [0.15, 0.2) is 0 Å². The Morgan fingerprint density at radius 1 is 1.22 bits per heavy atom. The fourth-order valence-electron chi connectivity index (χ4n) is 1.20. The zero-order chi connectivity index (χ0) is 13.8. The lowest BCUT2D eigenvalue weighted by Gasteiger charge is -2.11. The molecule has 0 N–H and O–H groups in total. The molecule has 0 amide bonds. The van der Waals surface area contributed by atoms with Crippen LogP contribution in [0.15, 0.2) is 40.5 Å². The second-order valence-corrected chi connectivity index (χ2v) is 4.06. The van der Waals surface area contributed by atoms with E-state index in [0.29, 0.717) is 5.56 Å². The summed E-state index contributed by atoms with van der Waals surface area (Å²) in [4.78, 5) is 0. The summed E-state index contributed by atoms with van der Waals surface area (Å²) in [6.07, 6.45) is -3.49. The van der Waals surface area contributed by atoms with Crippen molar-refractivity contribution in [1.29, 1.82) is 0 Å². The van der Waals surface area contributed by atoms with E-state index in [1.165, 1.54) is 5.01 Å². The van der Waals surface area contributed by atoms with Gasteiger partial charge in [-0.1, -0.05) is 41.9 Å². The first-order valence-electron chi connectivity index (χ1n) is 5.06. The van der Waals surface area contributed by atoms with E-state index in [9.17, 15) is 13.2 Å². The van der Waals surface area contributed by atoms with E-state index in [1.54, 1.807) is 44.4 Å². The van der Waals surface area contributed by atoms with Crippen molar-refractivity contribution in [2.45, 2.75) is 6.18 Å². The van der Waals surface area contributed by atoms with Crippen molar-refractivity contribution in [3.63, 3.8) is 0 Å². The largest absolute Gasteiger partial charge is 0.427 e. The summed E-state index contributed by atoms with van der Waals surface area (Å²) in [7, 11) is 3.22.